The van der Waals surface area contributed by atoms with Crippen molar-refractivity contribution >= 4 is 29.4 Å². The lowest BCUT2D eigenvalue weighted by Crippen LogP contribution is -2.48. The van der Waals surface area contributed by atoms with E-state index < -0.39 is 18.4 Å². The number of ether oxygens (including phenoxy) is 1. The van der Waals surface area contributed by atoms with Crippen LogP contribution in [-0.4, -0.2) is 48.6 Å². The summed E-state index contributed by atoms with van der Waals surface area (Å²) in [5.41, 5.74) is -0.605. The monoisotopic (exact) mass is 461 g/mol. The van der Waals surface area contributed by atoms with Gasteiger partial charge in [0.1, 0.15) is 11.6 Å². The minimum atomic E-state index is -4.54. The lowest BCUT2D eigenvalue weighted by molar-refractivity contribution is -0.137. The van der Waals surface area contributed by atoms with Crippen LogP contribution in [0.15, 0.2) is 42.6 Å². The van der Waals surface area contributed by atoms with Gasteiger partial charge < -0.3 is 14.5 Å². The number of carbonyl (C=O) groups excluding carboxylic acids is 1. The number of halogens is 6. The Morgan fingerprint density at radius 2 is 1.84 bits per heavy atom. The maximum atomic E-state index is 12.8. The van der Waals surface area contributed by atoms with Crippen LogP contribution in [-0.2, 0) is 11.0 Å². The highest BCUT2D eigenvalue weighted by atomic mass is 35.5. The number of benzene rings is 1. The number of amides is 1. The van der Waals surface area contributed by atoms with Crippen molar-refractivity contribution in [3.8, 4) is 5.75 Å². The Morgan fingerprint density at radius 3 is 2.45 bits per heavy atom. The molecule has 1 aliphatic heterocycles. The van der Waals surface area contributed by atoms with Crippen LogP contribution in [0.4, 0.5) is 27.8 Å². The molecular formula is C20H17ClF5N3O2. The second-order valence-corrected chi connectivity index (χ2v) is 7.00. The zero-order valence-corrected chi connectivity index (χ0v) is 16.7. The molecule has 0 N–H and O–H groups in total. The molecular weight excluding hydrogens is 445 g/mol. The van der Waals surface area contributed by atoms with Gasteiger partial charge in [-0.25, -0.2) is 4.98 Å². The second-order valence-electron chi connectivity index (χ2n) is 6.59. The van der Waals surface area contributed by atoms with Gasteiger partial charge in [-0.05, 0) is 18.2 Å². The highest BCUT2D eigenvalue weighted by Crippen LogP contribution is 2.33. The molecule has 1 aromatic carbocycles. The molecule has 11 heteroatoms. The number of alkyl halides is 5. The number of anilines is 1. The van der Waals surface area contributed by atoms with Gasteiger partial charge in [0, 0.05) is 44.0 Å². The maximum absolute atomic E-state index is 12.8. The molecule has 1 aromatic heterocycles. The predicted octanol–water partition coefficient (Wildman–Crippen LogP) is 4.72. The third-order valence-electron chi connectivity index (χ3n) is 4.58. The number of aromatic nitrogens is 1. The van der Waals surface area contributed by atoms with E-state index in [2.05, 4.69) is 9.72 Å². The molecule has 0 atom stereocenters. The van der Waals surface area contributed by atoms with Gasteiger partial charge in [-0.3, -0.25) is 4.79 Å². The van der Waals surface area contributed by atoms with Crippen molar-refractivity contribution in [2.75, 3.05) is 31.1 Å². The third-order valence-corrected chi connectivity index (χ3v) is 4.86. The quantitative estimate of drug-likeness (QED) is 0.477. The molecule has 0 radical (unpaired) electrons. The van der Waals surface area contributed by atoms with Gasteiger partial charge in [-0.15, -0.1) is 0 Å². The average Bonchev–Trinajstić information content (AvgIpc) is 2.72. The van der Waals surface area contributed by atoms with Crippen molar-refractivity contribution in [2.24, 2.45) is 0 Å². The fourth-order valence-corrected chi connectivity index (χ4v) is 3.33. The molecule has 31 heavy (non-hydrogen) atoms. The normalized spacial score (nSPS) is 15.1. The molecule has 0 unspecified atom stereocenters. The van der Waals surface area contributed by atoms with E-state index in [-0.39, 0.29) is 35.6 Å². The van der Waals surface area contributed by atoms with Crippen molar-refractivity contribution in [3.63, 3.8) is 0 Å². The summed E-state index contributed by atoms with van der Waals surface area (Å²) in [5, 5.41) is -0.120. The van der Waals surface area contributed by atoms with Crippen LogP contribution in [0.5, 0.6) is 5.75 Å². The summed E-state index contributed by atoms with van der Waals surface area (Å²) in [6.45, 7) is -1.76. The van der Waals surface area contributed by atoms with Gasteiger partial charge in [-0.1, -0.05) is 29.8 Å². The Kier molecular flexibility index (Phi) is 6.99. The number of piperazine rings is 1. The highest BCUT2D eigenvalue weighted by Gasteiger charge is 2.32. The van der Waals surface area contributed by atoms with Crippen molar-refractivity contribution < 1.29 is 31.5 Å². The van der Waals surface area contributed by atoms with Gasteiger partial charge in [0.25, 0.3) is 0 Å². The largest absolute Gasteiger partial charge is 0.434 e. The van der Waals surface area contributed by atoms with Crippen LogP contribution in [0.2, 0.25) is 5.02 Å². The van der Waals surface area contributed by atoms with Gasteiger partial charge in [0.2, 0.25) is 5.91 Å². The fourth-order valence-electron chi connectivity index (χ4n) is 3.05. The molecule has 0 saturated carbocycles. The van der Waals surface area contributed by atoms with Crippen molar-refractivity contribution in [3.05, 3.63) is 58.8 Å². The number of carbonyl (C=O) groups is 1. The molecule has 0 aliphatic carbocycles. The molecule has 1 aliphatic rings. The zero-order chi connectivity index (χ0) is 22.6. The number of pyridine rings is 1. The summed E-state index contributed by atoms with van der Waals surface area (Å²) < 4.78 is 67.6. The molecule has 0 bridgehead atoms. The summed E-state index contributed by atoms with van der Waals surface area (Å²) in [7, 11) is 0. The lowest BCUT2D eigenvalue weighted by Gasteiger charge is -2.35. The van der Waals surface area contributed by atoms with Crippen molar-refractivity contribution in [1.82, 2.24) is 9.88 Å². The molecule has 1 saturated heterocycles. The maximum Gasteiger partial charge on any atom is 0.417 e. The average molecular weight is 462 g/mol. The number of hydrogen-bond acceptors (Lipinski definition) is 4. The number of rotatable bonds is 5. The standard InChI is InChI=1S/C20H17ClF5N3O2/c21-15-11-14(20(24,25)26)12-27-18(15)29-9-7-28(8-10-29)17(30)6-5-13-3-1-2-4-16(13)31-19(22)23/h1-6,11-12,19H,7-10H2/b6-5+. The smallest absolute Gasteiger partial charge is 0.417 e. The van der Waals surface area contributed by atoms with E-state index in [0.29, 0.717) is 18.7 Å². The second kappa shape index (κ2) is 9.51. The van der Waals surface area contributed by atoms with E-state index in [0.717, 1.165) is 12.3 Å². The third kappa shape index (κ3) is 5.84. The van der Waals surface area contributed by atoms with Gasteiger partial charge in [0.05, 0.1) is 10.6 Å². The SMILES string of the molecule is O=C(/C=C/c1ccccc1OC(F)F)N1CCN(c2ncc(C(F)(F)F)cc2Cl)CC1. The van der Waals surface area contributed by atoms with Gasteiger partial charge >= 0.3 is 12.8 Å². The number of hydrogen-bond donors (Lipinski definition) is 0. The van der Waals surface area contributed by atoms with E-state index in [1.807, 2.05) is 0 Å². The van der Waals surface area contributed by atoms with Crippen LogP contribution >= 0.6 is 11.6 Å². The Morgan fingerprint density at radius 1 is 1.16 bits per heavy atom. The first-order valence-corrected chi connectivity index (χ1v) is 9.51. The summed E-state index contributed by atoms with van der Waals surface area (Å²) in [4.78, 5) is 19.5. The topological polar surface area (TPSA) is 45.7 Å². The van der Waals surface area contributed by atoms with Crippen LogP contribution in [0.25, 0.3) is 6.08 Å². The molecule has 5 nitrogen and oxygen atoms in total. The Balaban J connectivity index is 1.61. The van der Waals surface area contributed by atoms with E-state index >= 15 is 0 Å². The van der Waals surface area contributed by atoms with E-state index in [1.165, 1.54) is 35.3 Å². The van der Waals surface area contributed by atoms with E-state index in [9.17, 15) is 26.7 Å². The Labute approximate surface area is 179 Å². The number of nitrogens with zero attached hydrogens (tertiary/aromatic N) is 3. The van der Waals surface area contributed by atoms with Crippen molar-refractivity contribution in [1.29, 1.82) is 0 Å². The Hall–Kier alpha value is -2.88. The summed E-state index contributed by atoms with van der Waals surface area (Å²) >= 11 is 5.97. The van der Waals surface area contributed by atoms with Gasteiger partial charge in [-0.2, -0.15) is 22.0 Å². The Bertz CT molecular complexity index is 960. The van der Waals surface area contributed by atoms with Crippen LogP contribution < -0.4 is 9.64 Å². The first-order valence-electron chi connectivity index (χ1n) is 9.13. The lowest BCUT2D eigenvalue weighted by atomic mass is 10.2. The van der Waals surface area contributed by atoms with Crippen LogP contribution in [0.1, 0.15) is 11.1 Å². The highest BCUT2D eigenvalue weighted by molar-refractivity contribution is 6.33. The zero-order valence-electron chi connectivity index (χ0n) is 16.0. The molecule has 1 fully saturated rings. The minimum absolute atomic E-state index is 0.0469. The molecule has 1 amide bonds. The van der Waals surface area contributed by atoms with E-state index in [1.54, 1.807) is 11.0 Å². The predicted molar refractivity (Wildman–Crippen MR) is 105 cm³/mol. The molecule has 2 aromatic rings. The summed E-state index contributed by atoms with van der Waals surface area (Å²) in [6.07, 6.45) is -1.17. The first-order chi connectivity index (χ1) is 14.6. The van der Waals surface area contributed by atoms with Crippen LogP contribution in [0, 0.1) is 0 Å². The number of para-hydroxylation sites is 1. The minimum Gasteiger partial charge on any atom is -0.434 e. The molecule has 0 spiro atoms. The molecule has 166 valence electrons. The molecule has 3 rings (SSSR count). The summed E-state index contributed by atoms with van der Waals surface area (Å²) in [6, 6.07) is 6.90. The molecule has 2 heterocycles. The van der Waals surface area contributed by atoms with Crippen molar-refractivity contribution in [2.45, 2.75) is 12.8 Å². The van der Waals surface area contributed by atoms with Gasteiger partial charge in [0.15, 0.2) is 0 Å². The van der Waals surface area contributed by atoms with E-state index in [4.69, 9.17) is 11.6 Å². The summed E-state index contributed by atoms with van der Waals surface area (Å²) in [5.74, 6) is -0.164. The van der Waals surface area contributed by atoms with Crippen LogP contribution in [0.3, 0.4) is 0 Å². The fraction of sp³-hybridized carbons (Fsp3) is 0.300. The first kappa shape index (κ1) is 22.8.